The first-order valence-corrected chi connectivity index (χ1v) is 5.88. The molecule has 1 unspecified atom stereocenters. The molecule has 0 aliphatic rings. The van der Waals surface area contributed by atoms with Crippen LogP contribution in [0.2, 0.25) is 0 Å². The summed E-state index contributed by atoms with van der Waals surface area (Å²) >= 11 is 0. The molecule has 0 saturated heterocycles. The second-order valence-corrected chi connectivity index (χ2v) is 3.99. The molecular weight excluding hydrogens is 246 g/mol. The minimum absolute atomic E-state index is 0.0403. The van der Waals surface area contributed by atoms with Crippen LogP contribution in [0.4, 0.5) is 5.69 Å². The van der Waals surface area contributed by atoms with Gasteiger partial charge in [0.25, 0.3) is 0 Å². The minimum Gasteiger partial charge on any atom is -0.374 e. The Morgan fingerprint density at radius 1 is 1.32 bits per heavy atom. The van der Waals surface area contributed by atoms with Gasteiger partial charge in [0.05, 0.1) is 11.7 Å². The van der Waals surface area contributed by atoms with Crippen molar-refractivity contribution in [3.05, 3.63) is 31.0 Å². The van der Waals surface area contributed by atoms with Crippen molar-refractivity contribution in [2.45, 2.75) is 19.3 Å². The van der Waals surface area contributed by atoms with Crippen molar-refractivity contribution < 1.29 is 9.47 Å². The summed E-state index contributed by atoms with van der Waals surface area (Å²) in [5.74, 6) is 0.679. The van der Waals surface area contributed by atoms with Crippen LogP contribution in [0.25, 0.3) is 5.82 Å². The van der Waals surface area contributed by atoms with Gasteiger partial charge >= 0.3 is 0 Å². The molecule has 0 fully saturated rings. The lowest BCUT2D eigenvalue weighted by Crippen LogP contribution is -2.34. The number of ether oxygens (including phenoxy) is 2. The Morgan fingerprint density at radius 2 is 2.11 bits per heavy atom. The van der Waals surface area contributed by atoms with E-state index < -0.39 is 0 Å². The van der Waals surface area contributed by atoms with Gasteiger partial charge in [-0.2, -0.15) is 5.10 Å². The fraction of sp³-hybridized carbons (Fsp3) is 0.417. The summed E-state index contributed by atoms with van der Waals surface area (Å²) in [5, 5.41) is 7.38. The normalized spacial score (nSPS) is 12.6. The number of nitrogens with one attached hydrogen (secondary N) is 1. The maximum Gasteiger partial charge on any atom is 0.178 e. The van der Waals surface area contributed by atoms with E-state index in [0.29, 0.717) is 5.82 Å². The zero-order chi connectivity index (χ0) is 13.7. The lowest BCUT2D eigenvalue weighted by atomic mass is 10.3. The van der Waals surface area contributed by atoms with Crippen molar-refractivity contribution in [3.8, 4) is 5.82 Å². The second-order valence-electron chi connectivity index (χ2n) is 3.99. The fourth-order valence-corrected chi connectivity index (χ4v) is 1.83. The molecule has 0 aliphatic carbocycles. The number of rotatable bonds is 6. The molecule has 0 spiro atoms. The third-order valence-electron chi connectivity index (χ3n) is 2.68. The molecule has 0 aliphatic heterocycles. The molecule has 0 amide bonds. The van der Waals surface area contributed by atoms with E-state index >= 15 is 0 Å². The summed E-state index contributed by atoms with van der Waals surface area (Å²) in [7, 11) is 3.21. The number of aromatic nitrogens is 4. The third-order valence-corrected chi connectivity index (χ3v) is 2.68. The van der Waals surface area contributed by atoms with Crippen LogP contribution in [0.15, 0.2) is 31.0 Å². The Balaban J connectivity index is 2.21. The van der Waals surface area contributed by atoms with Gasteiger partial charge in [-0.1, -0.05) is 0 Å². The van der Waals surface area contributed by atoms with Gasteiger partial charge in [-0.3, -0.25) is 0 Å². The van der Waals surface area contributed by atoms with Gasteiger partial charge in [-0.25, -0.2) is 14.6 Å². The second kappa shape index (κ2) is 6.26. The van der Waals surface area contributed by atoms with Gasteiger partial charge in [-0.05, 0) is 19.1 Å². The number of methoxy groups -OCH3 is 2. The molecule has 19 heavy (non-hydrogen) atoms. The molecule has 7 heteroatoms. The first-order valence-electron chi connectivity index (χ1n) is 5.88. The number of hydrogen-bond acceptors (Lipinski definition) is 6. The summed E-state index contributed by atoms with van der Waals surface area (Å²) < 4.78 is 12.0. The van der Waals surface area contributed by atoms with E-state index in [1.165, 1.54) is 6.33 Å². The lowest BCUT2D eigenvalue weighted by molar-refractivity contribution is -0.109. The molecule has 102 valence electrons. The van der Waals surface area contributed by atoms with E-state index in [2.05, 4.69) is 20.4 Å². The van der Waals surface area contributed by atoms with Crippen LogP contribution in [-0.4, -0.2) is 46.3 Å². The van der Waals surface area contributed by atoms with Crippen LogP contribution >= 0.6 is 0 Å². The van der Waals surface area contributed by atoms with Gasteiger partial charge in [0.1, 0.15) is 12.7 Å². The van der Waals surface area contributed by atoms with Gasteiger partial charge in [0.15, 0.2) is 12.1 Å². The standard InChI is InChI=1S/C12H17N5O2/c1-9(12(18-2)19-3)16-10-5-4-6-14-11(10)17-8-13-7-15-17/h4-9,12,16H,1-3H3. The number of pyridine rings is 1. The van der Waals surface area contributed by atoms with Crippen LogP contribution < -0.4 is 5.32 Å². The van der Waals surface area contributed by atoms with E-state index in [4.69, 9.17) is 9.47 Å². The van der Waals surface area contributed by atoms with E-state index in [1.54, 1.807) is 31.4 Å². The van der Waals surface area contributed by atoms with E-state index in [9.17, 15) is 0 Å². The zero-order valence-electron chi connectivity index (χ0n) is 11.1. The largest absolute Gasteiger partial charge is 0.374 e. The third kappa shape index (κ3) is 3.07. The Bertz CT molecular complexity index is 499. The van der Waals surface area contributed by atoms with Crippen LogP contribution in [0, 0.1) is 0 Å². The summed E-state index contributed by atoms with van der Waals surface area (Å²) in [6.07, 6.45) is 4.43. The maximum atomic E-state index is 5.22. The Hall–Kier alpha value is -1.99. The molecule has 1 atom stereocenters. The molecular formula is C12H17N5O2. The summed E-state index contributed by atoms with van der Waals surface area (Å²) in [4.78, 5) is 8.22. The van der Waals surface area contributed by atoms with Crippen molar-refractivity contribution in [1.29, 1.82) is 0 Å². The first kappa shape index (κ1) is 13.4. The lowest BCUT2D eigenvalue weighted by Gasteiger charge is -2.23. The summed E-state index contributed by atoms with van der Waals surface area (Å²) in [6.45, 7) is 1.97. The van der Waals surface area contributed by atoms with Crippen LogP contribution in [0.1, 0.15) is 6.92 Å². The van der Waals surface area contributed by atoms with Crippen molar-refractivity contribution in [3.63, 3.8) is 0 Å². The molecule has 7 nitrogen and oxygen atoms in total. The molecule has 0 saturated carbocycles. The highest BCUT2D eigenvalue weighted by Crippen LogP contribution is 2.18. The SMILES string of the molecule is COC(OC)C(C)Nc1cccnc1-n1cncn1. The molecule has 1 N–H and O–H groups in total. The Labute approximate surface area is 111 Å². The van der Waals surface area contributed by atoms with Crippen LogP contribution in [0.5, 0.6) is 0 Å². The fourth-order valence-electron chi connectivity index (χ4n) is 1.83. The average molecular weight is 263 g/mol. The Kier molecular flexibility index (Phi) is 4.43. The van der Waals surface area contributed by atoms with Crippen molar-refractivity contribution >= 4 is 5.69 Å². The first-order chi connectivity index (χ1) is 9.26. The van der Waals surface area contributed by atoms with Crippen molar-refractivity contribution in [2.24, 2.45) is 0 Å². The highest BCUT2D eigenvalue weighted by molar-refractivity contribution is 5.56. The monoisotopic (exact) mass is 263 g/mol. The van der Waals surface area contributed by atoms with Crippen molar-refractivity contribution in [2.75, 3.05) is 19.5 Å². The van der Waals surface area contributed by atoms with Crippen LogP contribution in [0.3, 0.4) is 0 Å². The van der Waals surface area contributed by atoms with E-state index in [0.717, 1.165) is 5.69 Å². The van der Waals surface area contributed by atoms with Crippen molar-refractivity contribution in [1.82, 2.24) is 19.7 Å². The number of nitrogens with zero attached hydrogens (tertiary/aromatic N) is 4. The predicted molar refractivity (Wildman–Crippen MR) is 70.0 cm³/mol. The van der Waals surface area contributed by atoms with E-state index in [-0.39, 0.29) is 12.3 Å². The molecule has 2 heterocycles. The van der Waals surface area contributed by atoms with Gasteiger partial charge in [0, 0.05) is 20.4 Å². The zero-order valence-corrected chi connectivity index (χ0v) is 11.1. The topological polar surface area (TPSA) is 74.1 Å². The predicted octanol–water partition coefficient (Wildman–Crippen LogP) is 1.08. The summed E-state index contributed by atoms with van der Waals surface area (Å²) in [6, 6.07) is 3.73. The molecule has 0 aromatic carbocycles. The minimum atomic E-state index is -0.344. The molecule has 2 aromatic heterocycles. The van der Waals surface area contributed by atoms with Gasteiger partial charge in [0.2, 0.25) is 0 Å². The molecule has 2 rings (SSSR count). The molecule has 0 radical (unpaired) electrons. The number of hydrogen-bond donors (Lipinski definition) is 1. The number of anilines is 1. The van der Waals surface area contributed by atoms with Crippen LogP contribution in [-0.2, 0) is 9.47 Å². The van der Waals surface area contributed by atoms with Gasteiger partial charge < -0.3 is 14.8 Å². The highest BCUT2D eigenvalue weighted by Gasteiger charge is 2.17. The Morgan fingerprint density at radius 3 is 2.74 bits per heavy atom. The molecule has 0 bridgehead atoms. The quantitative estimate of drug-likeness (QED) is 0.786. The highest BCUT2D eigenvalue weighted by atomic mass is 16.7. The maximum absolute atomic E-state index is 5.22. The smallest absolute Gasteiger partial charge is 0.178 e. The van der Waals surface area contributed by atoms with E-state index in [1.807, 2.05) is 19.1 Å². The molecule has 2 aromatic rings. The van der Waals surface area contributed by atoms with Gasteiger partial charge in [-0.15, -0.1) is 0 Å². The summed E-state index contributed by atoms with van der Waals surface area (Å²) in [5.41, 5.74) is 0.833. The average Bonchev–Trinajstić information content (AvgIpc) is 2.94.